The Morgan fingerprint density at radius 2 is 1.50 bits per heavy atom. The molecular formula is C3H13N3O3Si. The van der Waals surface area contributed by atoms with E-state index >= 15 is 0 Å². The predicted molar refractivity (Wildman–Crippen MR) is 37.5 cm³/mol. The quantitative estimate of drug-likeness (QED) is 0.316. The summed E-state index contributed by atoms with van der Waals surface area (Å²) in [6.45, 7) is 0. The first-order valence-electron chi connectivity index (χ1n) is 2.59. The van der Waals surface area contributed by atoms with Gasteiger partial charge in [0.25, 0.3) is 0 Å². The molecule has 0 atom stereocenters. The molecule has 0 amide bonds. The van der Waals surface area contributed by atoms with Gasteiger partial charge < -0.3 is 13.3 Å². The second-order valence-electron chi connectivity index (χ2n) is 1.73. The van der Waals surface area contributed by atoms with Crippen LogP contribution in [0.3, 0.4) is 0 Å². The van der Waals surface area contributed by atoms with Gasteiger partial charge in [0.2, 0.25) is 5.97 Å². The molecule has 0 aliphatic carbocycles. The lowest BCUT2D eigenvalue weighted by Gasteiger charge is -2.22. The van der Waals surface area contributed by atoms with Crippen molar-refractivity contribution in [3.63, 3.8) is 0 Å². The van der Waals surface area contributed by atoms with Crippen LogP contribution in [0.25, 0.3) is 0 Å². The van der Waals surface area contributed by atoms with E-state index in [9.17, 15) is 0 Å². The molecule has 62 valence electrons. The molecule has 0 spiro atoms. The molecule has 0 rings (SSSR count). The van der Waals surface area contributed by atoms with Gasteiger partial charge in [-0.15, -0.1) is 0 Å². The Balaban J connectivity index is 3.63. The van der Waals surface area contributed by atoms with Gasteiger partial charge in [-0.2, -0.15) is 0 Å². The van der Waals surface area contributed by atoms with Gasteiger partial charge in [-0.1, -0.05) is 0 Å². The van der Waals surface area contributed by atoms with Gasteiger partial charge in [0.05, 0.1) is 0 Å². The maximum Gasteiger partial charge on any atom is 0.487 e. The second-order valence-corrected chi connectivity index (χ2v) is 3.49. The molecular weight excluding hydrogens is 154 g/mol. The Bertz CT molecular complexity index is 91.5. The van der Waals surface area contributed by atoms with Gasteiger partial charge in [0.1, 0.15) is 0 Å². The van der Waals surface area contributed by atoms with Crippen molar-refractivity contribution in [1.29, 1.82) is 0 Å². The third-order valence-electron chi connectivity index (χ3n) is 0.685. The summed E-state index contributed by atoms with van der Waals surface area (Å²) in [6, 6.07) is 0. The highest BCUT2D eigenvalue weighted by Gasteiger charge is 2.22. The molecule has 0 aromatic carbocycles. The molecule has 0 saturated carbocycles. The monoisotopic (exact) mass is 167 g/mol. The molecule has 6 N–H and O–H groups in total. The zero-order valence-electron chi connectivity index (χ0n) is 6.03. The van der Waals surface area contributed by atoms with Crippen molar-refractivity contribution in [2.45, 2.75) is 5.97 Å². The molecule has 0 fully saturated rings. The van der Waals surface area contributed by atoms with E-state index in [-0.39, 0.29) is 0 Å². The number of rotatable bonds is 4. The molecule has 0 saturated heterocycles. The first kappa shape index (κ1) is 9.98. The third kappa shape index (κ3) is 4.82. The maximum atomic E-state index is 5.10. The highest BCUT2D eigenvalue weighted by molar-refractivity contribution is 6.36. The fourth-order valence-corrected chi connectivity index (χ4v) is 1.08. The molecule has 0 aromatic rings. The largest absolute Gasteiger partial charge is 0.487 e. The van der Waals surface area contributed by atoms with Crippen LogP contribution in [-0.4, -0.2) is 29.7 Å². The van der Waals surface area contributed by atoms with Gasteiger partial charge >= 0.3 is 9.53 Å². The van der Waals surface area contributed by atoms with Crippen LogP contribution in [0.2, 0.25) is 0 Å². The van der Waals surface area contributed by atoms with Crippen LogP contribution in [0, 0.1) is 0 Å². The number of hydrogen-bond donors (Lipinski definition) is 3. The number of hydrogen-bond acceptors (Lipinski definition) is 6. The van der Waals surface area contributed by atoms with Crippen molar-refractivity contribution < 1.29 is 13.3 Å². The fourth-order valence-electron chi connectivity index (χ4n) is 0.359. The van der Waals surface area contributed by atoms with Crippen LogP contribution >= 0.6 is 0 Å². The molecule has 0 unspecified atom stereocenters. The number of nitrogens with two attached hydrogens (primary N) is 3. The van der Waals surface area contributed by atoms with E-state index in [1.54, 1.807) is 0 Å². The van der Waals surface area contributed by atoms with Gasteiger partial charge in [-0.25, -0.2) is 0 Å². The molecule has 7 heteroatoms. The highest BCUT2D eigenvalue weighted by atomic mass is 28.3. The van der Waals surface area contributed by atoms with Crippen LogP contribution in [0.5, 0.6) is 0 Å². The average molecular weight is 167 g/mol. The molecule has 6 nitrogen and oxygen atoms in total. The van der Waals surface area contributed by atoms with E-state index in [1.165, 1.54) is 14.2 Å². The topological polar surface area (TPSA) is 106 Å². The van der Waals surface area contributed by atoms with Crippen LogP contribution < -0.4 is 17.2 Å². The van der Waals surface area contributed by atoms with Crippen LogP contribution in [0.15, 0.2) is 0 Å². The summed E-state index contributed by atoms with van der Waals surface area (Å²) >= 11 is 0. The minimum Gasteiger partial charge on any atom is -0.379 e. The zero-order chi connectivity index (χ0) is 8.20. The van der Waals surface area contributed by atoms with Crippen molar-refractivity contribution in [2.24, 2.45) is 17.2 Å². The molecule has 10 heavy (non-hydrogen) atoms. The van der Waals surface area contributed by atoms with Gasteiger partial charge in [0.15, 0.2) is 0 Å². The lowest BCUT2D eigenvalue weighted by molar-refractivity contribution is 0.0172. The molecule has 0 aliphatic rings. The van der Waals surface area contributed by atoms with E-state index in [0.717, 1.165) is 0 Å². The van der Waals surface area contributed by atoms with Gasteiger partial charge in [-0.3, -0.25) is 17.2 Å². The summed E-state index contributed by atoms with van der Waals surface area (Å²) in [5.74, 6) is -1.66. The van der Waals surface area contributed by atoms with E-state index in [2.05, 4.69) is 0 Å². The van der Waals surface area contributed by atoms with Gasteiger partial charge in [-0.05, 0) is 0 Å². The van der Waals surface area contributed by atoms with E-state index in [4.69, 9.17) is 30.5 Å². The second kappa shape index (κ2) is 3.98. The van der Waals surface area contributed by atoms with Crippen molar-refractivity contribution in [3.05, 3.63) is 0 Å². The summed E-state index contributed by atoms with van der Waals surface area (Å²) in [7, 11) is 0.681. The molecule has 0 radical (unpaired) electrons. The Hall–Kier alpha value is -0.0231. The van der Waals surface area contributed by atoms with Gasteiger partial charge in [0, 0.05) is 14.2 Å². The first-order chi connectivity index (χ1) is 4.49. The Labute approximate surface area is 61.2 Å². The minimum absolute atomic E-state index is 1.44. The van der Waals surface area contributed by atoms with E-state index < -0.39 is 15.5 Å². The SMILES string of the molecule is CO[SiH](OC)OC(N)(N)N. The zero-order valence-corrected chi connectivity index (χ0v) is 7.19. The average Bonchev–Trinajstić information content (AvgIpc) is 1.81. The normalized spacial score (nSPS) is 12.6. The summed E-state index contributed by atoms with van der Waals surface area (Å²) < 4.78 is 14.2. The Morgan fingerprint density at radius 1 is 1.10 bits per heavy atom. The molecule has 0 heterocycles. The molecule has 0 aromatic heterocycles. The summed E-state index contributed by atoms with van der Waals surface area (Å²) in [6.07, 6.45) is 0. The minimum atomic E-state index is -2.19. The van der Waals surface area contributed by atoms with Crippen molar-refractivity contribution in [3.8, 4) is 0 Å². The molecule has 0 bridgehead atoms. The van der Waals surface area contributed by atoms with Crippen LogP contribution in [0.4, 0.5) is 0 Å². The van der Waals surface area contributed by atoms with Crippen molar-refractivity contribution in [2.75, 3.05) is 14.2 Å². The van der Waals surface area contributed by atoms with Crippen LogP contribution in [0.1, 0.15) is 0 Å². The predicted octanol–water partition coefficient (Wildman–Crippen LogP) is -2.50. The lowest BCUT2D eigenvalue weighted by atomic mass is 10.9. The fraction of sp³-hybridized carbons (Fsp3) is 1.00. The summed E-state index contributed by atoms with van der Waals surface area (Å²) in [4.78, 5) is 0. The highest BCUT2D eigenvalue weighted by Crippen LogP contribution is 1.91. The molecule has 0 aliphatic heterocycles. The Morgan fingerprint density at radius 3 is 1.60 bits per heavy atom. The smallest absolute Gasteiger partial charge is 0.379 e. The van der Waals surface area contributed by atoms with E-state index in [0.29, 0.717) is 0 Å². The maximum absolute atomic E-state index is 5.10. The Kier molecular flexibility index (Phi) is 3.97. The van der Waals surface area contributed by atoms with E-state index in [1.807, 2.05) is 0 Å². The van der Waals surface area contributed by atoms with Crippen LogP contribution in [-0.2, 0) is 13.3 Å². The first-order valence-corrected chi connectivity index (χ1v) is 4.01. The third-order valence-corrected chi connectivity index (χ3v) is 2.06. The van der Waals surface area contributed by atoms with Crippen molar-refractivity contribution >= 4 is 9.53 Å². The van der Waals surface area contributed by atoms with Crippen molar-refractivity contribution in [1.82, 2.24) is 0 Å². The summed E-state index contributed by atoms with van der Waals surface area (Å²) in [5, 5.41) is 0. The lowest BCUT2D eigenvalue weighted by Crippen LogP contribution is -2.63. The summed E-state index contributed by atoms with van der Waals surface area (Å²) in [5.41, 5.74) is 15.3. The standard InChI is InChI=1S/C3H13N3O3Si/c1-7-10(8-2)9-3(4,5)6/h10H,4-6H2,1-2H3.